The van der Waals surface area contributed by atoms with Crippen LogP contribution < -0.4 is 0 Å². The first kappa shape index (κ1) is 17.8. The molecule has 2 atom stereocenters. The minimum absolute atomic E-state index is 0.181. The Kier molecular flexibility index (Phi) is 4.84. The number of para-hydroxylation sites is 1. The van der Waals surface area contributed by atoms with Gasteiger partial charge in [0.25, 0.3) is 11.1 Å². The number of carbonyl (C=O) groups is 1. The molecule has 3 aromatic rings. The fourth-order valence-electron chi connectivity index (χ4n) is 4.67. The van der Waals surface area contributed by atoms with Crippen molar-refractivity contribution in [2.45, 2.75) is 37.3 Å². The molecule has 2 fully saturated rings. The van der Waals surface area contributed by atoms with E-state index in [1.165, 1.54) is 37.4 Å². The minimum atomic E-state index is 0.181. The number of thioether (sulfide) groups is 1. The summed E-state index contributed by atoms with van der Waals surface area (Å²) in [5.41, 5.74) is 1.92. The van der Waals surface area contributed by atoms with E-state index >= 15 is 0 Å². The molecule has 1 aliphatic carbocycles. The van der Waals surface area contributed by atoms with Gasteiger partial charge in [-0.3, -0.25) is 4.79 Å². The standard InChI is InChI=1S/C21H24N4O2S/c26-19(25-10-9-14-5-1-2-6-15(14)12-25)13-28-21-24-23-20(27-21)17-11-22-18-8-4-3-7-16(17)18/h3-4,7-8,11,14-15,22H,1-2,5-6,9-10,12-13H2. The first-order valence-corrected chi connectivity index (χ1v) is 11.1. The Bertz CT molecular complexity index is 982. The largest absolute Gasteiger partial charge is 0.411 e. The number of aromatic nitrogens is 3. The van der Waals surface area contributed by atoms with Crippen molar-refractivity contribution in [2.75, 3.05) is 18.8 Å². The van der Waals surface area contributed by atoms with E-state index in [4.69, 9.17) is 4.42 Å². The zero-order valence-corrected chi connectivity index (χ0v) is 16.6. The predicted octanol–water partition coefficient (Wildman–Crippen LogP) is 4.35. The number of carbonyl (C=O) groups excluding carboxylic acids is 1. The molecule has 6 nitrogen and oxygen atoms in total. The zero-order chi connectivity index (χ0) is 18.9. The summed E-state index contributed by atoms with van der Waals surface area (Å²) >= 11 is 1.33. The Balaban J connectivity index is 1.21. The lowest BCUT2D eigenvalue weighted by Crippen LogP contribution is -2.45. The maximum Gasteiger partial charge on any atom is 0.277 e. The number of amides is 1. The number of aromatic amines is 1. The van der Waals surface area contributed by atoms with Crippen LogP contribution >= 0.6 is 11.8 Å². The van der Waals surface area contributed by atoms with Crippen LogP contribution in [0.15, 0.2) is 40.1 Å². The first-order chi connectivity index (χ1) is 13.8. The van der Waals surface area contributed by atoms with E-state index in [2.05, 4.69) is 15.2 Å². The van der Waals surface area contributed by atoms with Gasteiger partial charge < -0.3 is 14.3 Å². The van der Waals surface area contributed by atoms with Crippen molar-refractivity contribution in [3.8, 4) is 11.5 Å². The molecular formula is C21H24N4O2S. The Labute approximate surface area is 168 Å². The fourth-order valence-corrected chi connectivity index (χ4v) is 5.33. The third-order valence-corrected chi connectivity index (χ3v) is 6.99. The molecule has 0 bridgehead atoms. The number of nitrogens with one attached hydrogen (secondary N) is 1. The Morgan fingerprint density at radius 1 is 1.18 bits per heavy atom. The Morgan fingerprint density at radius 3 is 2.96 bits per heavy atom. The molecule has 146 valence electrons. The fraction of sp³-hybridized carbons (Fsp3) is 0.476. The number of hydrogen-bond donors (Lipinski definition) is 1. The van der Waals surface area contributed by atoms with Gasteiger partial charge in [0.15, 0.2) is 0 Å². The Morgan fingerprint density at radius 2 is 2.04 bits per heavy atom. The molecule has 28 heavy (non-hydrogen) atoms. The quantitative estimate of drug-likeness (QED) is 0.664. The average Bonchev–Trinajstić information content (AvgIpc) is 3.38. The summed E-state index contributed by atoms with van der Waals surface area (Å²) in [6, 6.07) is 8.01. The van der Waals surface area contributed by atoms with E-state index in [0.717, 1.165) is 41.9 Å². The smallest absolute Gasteiger partial charge is 0.277 e. The van der Waals surface area contributed by atoms with Crippen molar-refractivity contribution in [3.05, 3.63) is 30.5 Å². The molecule has 1 saturated carbocycles. The normalized spacial score (nSPS) is 22.4. The molecule has 1 N–H and O–H groups in total. The summed E-state index contributed by atoms with van der Waals surface area (Å²) in [6.45, 7) is 1.82. The van der Waals surface area contributed by atoms with E-state index in [1.54, 1.807) is 0 Å². The Hall–Kier alpha value is -2.28. The molecule has 1 aromatic carbocycles. The van der Waals surface area contributed by atoms with Gasteiger partial charge in [-0.2, -0.15) is 0 Å². The first-order valence-electron chi connectivity index (χ1n) is 10.1. The van der Waals surface area contributed by atoms with Gasteiger partial charge in [0, 0.05) is 30.2 Å². The molecule has 2 unspecified atom stereocenters. The maximum atomic E-state index is 12.7. The molecule has 3 heterocycles. The molecule has 7 heteroatoms. The summed E-state index contributed by atoms with van der Waals surface area (Å²) in [7, 11) is 0. The number of rotatable bonds is 4. The van der Waals surface area contributed by atoms with Gasteiger partial charge in [-0.25, -0.2) is 0 Å². The molecule has 0 radical (unpaired) electrons. The van der Waals surface area contributed by atoms with Gasteiger partial charge in [0.05, 0.1) is 11.3 Å². The summed E-state index contributed by atoms with van der Waals surface area (Å²) in [5, 5.41) is 9.79. The highest BCUT2D eigenvalue weighted by Gasteiger charge is 2.32. The second kappa shape index (κ2) is 7.62. The van der Waals surface area contributed by atoms with Crippen LogP contribution in [0.1, 0.15) is 32.1 Å². The topological polar surface area (TPSA) is 75.0 Å². The van der Waals surface area contributed by atoms with Crippen LogP contribution in [0, 0.1) is 11.8 Å². The minimum Gasteiger partial charge on any atom is -0.411 e. The second-order valence-electron chi connectivity index (χ2n) is 7.84. The van der Waals surface area contributed by atoms with E-state index in [0.29, 0.717) is 22.8 Å². The highest BCUT2D eigenvalue weighted by atomic mass is 32.2. The van der Waals surface area contributed by atoms with Crippen LogP contribution in [0.3, 0.4) is 0 Å². The van der Waals surface area contributed by atoms with Gasteiger partial charge in [-0.1, -0.05) is 49.2 Å². The van der Waals surface area contributed by atoms with Crippen LogP contribution in [-0.4, -0.2) is 44.8 Å². The number of piperidine rings is 1. The third kappa shape index (κ3) is 3.43. The van der Waals surface area contributed by atoms with Gasteiger partial charge in [0.2, 0.25) is 5.91 Å². The lowest BCUT2D eigenvalue weighted by Gasteiger charge is -2.41. The van der Waals surface area contributed by atoms with Gasteiger partial charge in [-0.15, -0.1) is 10.2 Å². The molecule has 2 aliphatic rings. The number of likely N-dealkylation sites (tertiary alicyclic amines) is 1. The highest BCUT2D eigenvalue weighted by molar-refractivity contribution is 7.99. The van der Waals surface area contributed by atoms with Crippen LogP contribution in [0.25, 0.3) is 22.4 Å². The zero-order valence-electron chi connectivity index (χ0n) is 15.8. The van der Waals surface area contributed by atoms with E-state index in [9.17, 15) is 4.79 Å². The van der Waals surface area contributed by atoms with Crippen molar-refractivity contribution < 1.29 is 9.21 Å². The van der Waals surface area contributed by atoms with Crippen molar-refractivity contribution in [1.29, 1.82) is 0 Å². The molecule has 1 saturated heterocycles. The van der Waals surface area contributed by atoms with Crippen LogP contribution in [0.2, 0.25) is 0 Å². The molecule has 1 aliphatic heterocycles. The lowest BCUT2D eigenvalue weighted by atomic mass is 9.75. The number of hydrogen-bond acceptors (Lipinski definition) is 5. The number of benzene rings is 1. The van der Waals surface area contributed by atoms with E-state index < -0.39 is 0 Å². The highest BCUT2D eigenvalue weighted by Crippen LogP contribution is 2.36. The third-order valence-electron chi connectivity index (χ3n) is 6.19. The lowest BCUT2D eigenvalue weighted by molar-refractivity contribution is -0.131. The number of nitrogens with zero attached hydrogens (tertiary/aromatic N) is 3. The van der Waals surface area contributed by atoms with Crippen LogP contribution in [0.5, 0.6) is 0 Å². The monoisotopic (exact) mass is 396 g/mol. The van der Waals surface area contributed by atoms with Crippen molar-refractivity contribution >= 4 is 28.6 Å². The van der Waals surface area contributed by atoms with Gasteiger partial charge >= 0.3 is 0 Å². The van der Waals surface area contributed by atoms with Crippen molar-refractivity contribution in [2.24, 2.45) is 11.8 Å². The second-order valence-corrected chi connectivity index (χ2v) is 8.77. The van der Waals surface area contributed by atoms with Crippen LogP contribution in [0.4, 0.5) is 0 Å². The van der Waals surface area contributed by atoms with Crippen molar-refractivity contribution in [3.63, 3.8) is 0 Å². The van der Waals surface area contributed by atoms with Crippen molar-refractivity contribution in [1.82, 2.24) is 20.1 Å². The van der Waals surface area contributed by atoms with Crippen LogP contribution in [-0.2, 0) is 4.79 Å². The molecule has 0 spiro atoms. The summed E-state index contributed by atoms with van der Waals surface area (Å²) in [4.78, 5) is 17.9. The van der Waals surface area contributed by atoms with E-state index in [-0.39, 0.29) is 5.91 Å². The van der Waals surface area contributed by atoms with Gasteiger partial charge in [-0.05, 0) is 30.7 Å². The predicted molar refractivity (Wildman–Crippen MR) is 109 cm³/mol. The SMILES string of the molecule is O=C(CSc1nnc(-c2c[nH]c3ccccc23)o1)N1CCC2CCCCC2C1. The van der Waals surface area contributed by atoms with E-state index in [1.807, 2.05) is 35.4 Å². The maximum absolute atomic E-state index is 12.7. The average molecular weight is 397 g/mol. The number of H-pyrrole nitrogens is 1. The summed E-state index contributed by atoms with van der Waals surface area (Å²) < 4.78 is 5.81. The summed E-state index contributed by atoms with van der Waals surface area (Å²) in [6.07, 6.45) is 8.34. The van der Waals surface area contributed by atoms with Gasteiger partial charge in [0.1, 0.15) is 0 Å². The summed E-state index contributed by atoms with van der Waals surface area (Å²) in [5.74, 6) is 2.55. The number of fused-ring (bicyclic) bond motifs is 2. The molecule has 5 rings (SSSR count). The molecule has 1 amide bonds. The molecular weight excluding hydrogens is 372 g/mol. The molecule has 2 aromatic heterocycles.